The Hall–Kier alpha value is -0.826. The topological polar surface area (TPSA) is 47.7 Å². The molecule has 0 spiro atoms. The van der Waals surface area contributed by atoms with E-state index >= 15 is 0 Å². The summed E-state index contributed by atoms with van der Waals surface area (Å²) in [6, 6.07) is 8.08. The number of para-hydroxylation sites is 2. The highest BCUT2D eigenvalue weighted by atomic mass is 28.4. The molecular formula is C22H44N2O2Si2. The third-order valence-electron chi connectivity index (χ3n) is 6.54. The molecule has 1 aromatic carbocycles. The molecule has 0 bridgehead atoms. The van der Waals surface area contributed by atoms with Crippen LogP contribution in [0.5, 0.6) is 0 Å². The van der Waals surface area contributed by atoms with E-state index < -0.39 is 16.6 Å². The predicted octanol–water partition coefficient (Wildman–Crippen LogP) is 6.12. The summed E-state index contributed by atoms with van der Waals surface area (Å²) in [4.78, 5) is 2.32. The van der Waals surface area contributed by atoms with E-state index in [1.807, 2.05) is 18.2 Å². The molecule has 2 N–H and O–H groups in total. The van der Waals surface area contributed by atoms with E-state index in [-0.39, 0.29) is 10.1 Å². The van der Waals surface area contributed by atoms with Crippen LogP contribution in [0.2, 0.25) is 36.3 Å². The summed E-state index contributed by atoms with van der Waals surface area (Å²) in [5.41, 5.74) is 8.15. The molecule has 0 heterocycles. The van der Waals surface area contributed by atoms with Gasteiger partial charge in [0.2, 0.25) is 0 Å². The van der Waals surface area contributed by atoms with E-state index in [4.69, 9.17) is 14.6 Å². The summed E-state index contributed by atoms with van der Waals surface area (Å²) < 4.78 is 12.8. The number of hydrogen-bond donors (Lipinski definition) is 1. The first-order chi connectivity index (χ1) is 12.6. The van der Waals surface area contributed by atoms with Crippen molar-refractivity contribution in [3.63, 3.8) is 0 Å². The van der Waals surface area contributed by atoms with Gasteiger partial charge in [0.1, 0.15) is 0 Å². The minimum Gasteiger partial charge on any atom is -0.415 e. The maximum atomic E-state index is 6.41. The van der Waals surface area contributed by atoms with Crippen molar-refractivity contribution in [1.82, 2.24) is 0 Å². The van der Waals surface area contributed by atoms with Crippen molar-refractivity contribution in [1.29, 1.82) is 0 Å². The van der Waals surface area contributed by atoms with Gasteiger partial charge in [-0.3, -0.25) is 0 Å². The smallest absolute Gasteiger partial charge is 0.192 e. The van der Waals surface area contributed by atoms with Gasteiger partial charge >= 0.3 is 0 Å². The summed E-state index contributed by atoms with van der Waals surface area (Å²) in [6.07, 6.45) is 0. The van der Waals surface area contributed by atoms with E-state index in [9.17, 15) is 0 Å². The normalized spacial score (nSPS) is 13.6. The molecule has 0 unspecified atom stereocenters. The van der Waals surface area contributed by atoms with Crippen molar-refractivity contribution >= 4 is 28.0 Å². The van der Waals surface area contributed by atoms with Crippen molar-refractivity contribution in [3.05, 3.63) is 24.3 Å². The number of rotatable bonds is 9. The molecule has 1 rings (SSSR count). The lowest BCUT2D eigenvalue weighted by Gasteiger charge is -2.38. The predicted molar refractivity (Wildman–Crippen MR) is 129 cm³/mol. The van der Waals surface area contributed by atoms with Crippen molar-refractivity contribution in [2.24, 2.45) is 0 Å². The molecule has 28 heavy (non-hydrogen) atoms. The fraction of sp³-hybridized carbons (Fsp3) is 0.727. The third kappa shape index (κ3) is 6.90. The standard InChI is InChI=1S/C22H44N2O2Si2/c1-21(2,3)27(7,8)25-17-15-24(20-14-12-11-13-19(20)23)16-18-26-28(9,10)22(4,5)6/h11-14H,15-18,23H2,1-10H3. The first-order valence-electron chi connectivity index (χ1n) is 10.5. The van der Waals surface area contributed by atoms with Gasteiger partial charge in [0.15, 0.2) is 16.6 Å². The van der Waals surface area contributed by atoms with Crippen LogP contribution in [0.3, 0.4) is 0 Å². The molecule has 4 nitrogen and oxygen atoms in total. The van der Waals surface area contributed by atoms with Gasteiger partial charge in [-0.25, -0.2) is 0 Å². The molecule has 0 saturated carbocycles. The average molecular weight is 425 g/mol. The minimum atomic E-state index is -1.75. The SMILES string of the molecule is CC(C)(C)[Si](C)(C)OCCN(CCO[Si](C)(C)C(C)(C)C)c1ccccc1N. The van der Waals surface area contributed by atoms with Crippen LogP contribution in [0, 0.1) is 0 Å². The Morgan fingerprint density at radius 2 is 1.18 bits per heavy atom. The van der Waals surface area contributed by atoms with Gasteiger partial charge in [-0.1, -0.05) is 53.7 Å². The maximum Gasteiger partial charge on any atom is 0.192 e. The molecule has 0 aromatic heterocycles. The fourth-order valence-electron chi connectivity index (χ4n) is 2.38. The number of benzene rings is 1. The third-order valence-corrected chi connectivity index (χ3v) is 15.6. The summed E-state index contributed by atoms with van der Waals surface area (Å²) in [5, 5.41) is 0.435. The maximum absolute atomic E-state index is 6.41. The second-order valence-electron chi connectivity index (χ2n) is 10.8. The van der Waals surface area contributed by atoms with Gasteiger partial charge in [-0.15, -0.1) is 0 Å². The van der Waals surface area contributed by atoms with Crippen LogP contribution in [0.4, 0.5) is 11.4 Å². The largest absolute Gasteiger partial charge is 0.415 e. The molecule has 0 amide bonds. The molecule has 162 valence electrons. The highest BCUT2D eigenvalue weighted by Crippen LogP contribution is 2.37. The molecule has 0 fully saturated rings. The molecule has 0 aliphatic rings. The lowest BCUT2D eigenvalue weighted by atomic mass is 10.2. The van der Waals surface area contributed by atoms with Crippen molar-refractivity contribution < 1.29 is 8.85 Å². The van der Waals surface area contributed by atoms with E-state index in [0.29, 0.717) is 13.2 Å². The number of nitrogens with two attached hydrogens (primary N) is 1. The number of hydrogen-bond acceptors (Lipinski definition) is 4. The van der Waals surface area contributed by atoms with Gasteiger partial charge in [-0.05, 0) is 48.4 Å². The second kappa shape index (κ2) is 9.33. The Labute approximate surface area is 176 Å². The summed E-state index contributed by atoms with van der Waals surface area (Å²) in [5.74, 6) is 0. The van der Waals surface area contributed by atoms with Crippen molar-refractivity contribution in [2.75, 3.05) is 36.9 Å². The first kappa shape index (κ1) is 25.2. The highest BCUT2D eigenvalue weighted by Gasteiger charge is 2.38. The van der Waals surface area contributed by atoms with Gasteiger partial charge < -0.3 is 19.5 Å². The second-order valence-corrected chi connectivity index (χ2v) is 20.4. The lowest BCUT2D eigenvalue weighted by Crippen LogP contribution is -2.44. The van der Waals surface area contributed by atoms with E-state index in [2.05, 4.69) is 78.7 Å². The molecule has 0 saturated heterocycles. The van der Waals surface area contributed by atoms with Crippen molar-refractivity contribution in [3.8, 4) is 0 Å². The van der Waals surface area contributed by atoms with Crippen LogP contribution in [-0.2, 0) is 8.85 Å². The van der Waals surface area contributed by atoms with Gasteiger partial charge in [-0.2, -0.15) is 0 Å². The molecule has 6 heteroatoms. The Balaban J connectivity index is 2.81. The van der Waals surface area contributed by atoms with Crippen LogP contribution in [0.25, 0.3) is 0 Å². The van der Waals surface area contributed by atoms with E-state index in [0.717, 1.165) is 24.5 Å². The lowest BCUT2D eigenvalue weighted by molar-refractivity contribution is 0.276. The van der Waals surface area contributed by atoms with Crippen LogP contribution < -0.4 is 10.6 Å². The zero-order valence-corrected chi connectivity index (χ0v) is 22.0. The van der Waals surface area contributed by atoms with Crippen LogP contribution >= 0.6 is 0 Å². The zero-order valence-electron chi connectivity index (χ0n) is 20.0. The minimum absolute atomic E-state index is 0.217. The molecule has 1 aromatic rings. The molecule has 0 radical (unpaired) electrons. The quantitative estimate of drug-likeness (QED) is 0.383. The summed E-state index contributed by atoms with van der Waals surface area (Å²) in [7, 11) is -3.51. The Morgan fingerprint density at radius 1 is 0.786 bits per heavy atom. The van der Waals surface area contributed by atoms with E-state index in [1.165, 1.54) is 0 Å². The van der Waals surface area contributed by atoms with Gasteiger partial charge in [0, 0.05) is 13.1 Å². The Bertz CT molecular complexity index is 588. The molecule has 0 aliphatic carbocycles. The summed E-state index contributed by atoms with van der Waals surface area (Å²) >= 11 is 0. The molecular weight excluding hydrogens is 380 g/mol. The number of anilines is 2. The van der Waals surface area contributed by atoms with Crippen molar-refractivity contribution in [2.45, 2.75) is 77.8 Å². The van der Waals surface area contributed by atoms with Gasteiger partial charge in [0.25, 0.3) is 0 Å². The Morgan fingerprint density at radius 3 is 1.54 bits per heavy atom. The zero-order chi connectivity index (χ0) is 21.8. The monoisotopic (exact) mass is 424 g/mol. The number of nitrogen functional groups attached to an aromatic ring is 1. The van der Waals surface area contributed by atoms with Crippen LogP contribution in [-0.4, -0.2) is 42.9 Å². The Kier molecular flexibility index (Phi) is 8.40. The first-order valence-corrected chi connectivity index (χ1v) is 16.3. The van der Waals surface area contributed by atoms with Crippen LogP contribution in [0.1, 0.15) is 41.5 Å². The van der Waals surface area contributed by atoms with Gasteiger partial charge in [0.05, 0.1) is 24.6 Å². The molecule has 0 aliphatic heterocycles. The molecule has 0 atom stereocenters. The average Bonchev–Trinajstić information content (AvgIpc) is 2.51. The number of nitrogens with zero attached hydrogens (tertiary/aromatic N) is 1. The summed E-state index contributed by atoms with van der Waals surface area (Å²) in [6.45, 7) is 25.9. The van der Waals surface area contributed by atoms with E-state index in [1.54, 1.807) is 0 Å². The fourth-order valence-corrected chi connectivity index (χ4v) is 4.45. The highest BCUT2D eigenvalue weighted by molar-refractivity contribution is 6.74. The van der Waals surface area contributed by atoms with Crippen LogP contribution in [0.15, 0.2) is 24.3 Å².